The molecule has 3 rings (SSSR count). The number of thiazole rings is 1. The highest BCUT2D eigenvalue weighted by atomic mass is 35.5. The number of anilines is 1. The second kappa shape index (κ2) is 5.84. The molecule has 1 amide bonds. The second-order valence-corrected chi connectivity index (χ2v) is 6.00. The lowest BCUT2D eigenvalue weighted by molar-refractivity contribution is -0.113. The van der Waals surface area contributed by atoms with Gasteiger partial charge in [0, 0.05) is 11.3 Å². The fourth-order valence-corrected chi connectivity index (χ4v) is 3.10. The van der Waals surface area contributed by atoms with Gasteiger partial charge in [-0.15, -0.1) is 22.9 Å². The summed E-state index contributed by atoms with van der Waals surface area (Å²) in [5.41, 5.74) is 3.76. The van der Waals surface area contributed by atoms with Crippen LogP contribution < -0.4 is 5.32 Å². The summed E-state index contributed by atoms with van der Waals surface area (Å²) in [5, 5.41) is 3.75. The van der Waals surface area contributed by atoms with Crippen molar-refractivity contribution in [2.75, 3.05) is 11.2 Å². The van der Waals surface area contributed by atoms with E-state index in [2.05, 4.69) is 16.4 Å². The standard InChI is InChI=1S/C16H13ClN2OS/c1-10-6-7-11(8-13(10)18-15(20)9-17)16-19-12-4-2-3-5-14(12)21-16/h2-8H,9H2,1H3,(H,18,20). The molecule has 0 aliphatic rings. The summed E-state index contributed by atoms with van der Waals surface area (Å²) in [6, 6.07) is 14.0. The van der Waals surface area contributed by atoms with Gasteiger partial charge in [-0.25, -0.2) is 4.98 Å². The van der Waals surface area contributed by atoms with Crippen LogP contribution in [0.1, 0.15) is 5.56 Å². The average molecular weight is 317 g/mol. The number of rotatable bonds is 3. The van der Waals surface area contributed by atoms with E-state index in [4.69, 9.17) is 11.6 Å². The smallest absolute Gasteiger partial charge is 0.239 e. The molecule has 0 radical (unpaired) electrons. The van der Waals surface area contributed by atoms with E-state index >= 15 is 0 Å². The number of aromatic nitrogens is 1. The van der Waals surface area contributed by atoms with Crippen LogP contribution in [0.15, 0.2) is 42.5 Å². The number of nitrogens with one attached hydrogen (secondary N) is 1. The van der Waals surface area contributed by atoms with Crippen molar-refractivity contribution in [3.8, 4) is 10.6 Å². The zero-order chi connectivity index (χ0) is 14.8. The van der Waals surface area contributed by atoms with Crippen molar-refractivity contribution in [3.05, 3.63) is 48.0 Å². The van der Waals surface area contributed by atoms with E-state index in [1.165, 1.54) is 0 Å². The van der Waals surface area contributed by atoms with E-state index in [0.717, 1.165) is 32.0 Å². The molecule has 0 fully saturated rings. The predicted molar refractivity (Wildman–Crippen MR) is 89.1 cm³/mol. The molecule has 1 heterocycles. The first-order valence-corrected chi connectivity index (χ1v) is 7.85. The Bertz CT molecular complexity index is 780. The number of nitrogens with zero attached hydrogens (tertiary/aromatic N) is 1. The third-order valence-corrected chi connectivity index (χ3v) is 4.50. The zero-order valence-electron chi connectivity index (χ0n) is 11.4. The molecular weight excluding hydrogens is 304 g/mol. The quantitative estimate of drug-likeness (QED) is 0.725. The minimum atomic E-state index is -0.207. The van der Waals surface area contributed by atoms with Gasteiger partial charge in [0.25, 0.3) is 0 Å². The molecule has 0 unspecified atom stereocenters. The zero-order valence-corrected chi connectivity index (χ0v) is 13.0. The molecule has 0 spiro atoms. The van der Waals surface area contributed by atoms with Crippen LogP contribution in [0.4, 0.5) is 5.69 Å². The summed E-state index contributed by atoms with van der Waals surface area (Å²) in [6.07, 6.45) is 0. The van der Waals surface area contributed by atoms with Crippen LogP contribution in [0.2, 0.25) is 0 Å². The van der Waals surface area contributed by atoms with E-state index < -0.39 is 0 Å². The predicted octanol–water partition coefficient (Wildman–Crippen LogP) is 4.45. The summed E-state index contributed by atoms with van der Waals surface area (Å²) in [7, 11) is 0. The number of alkyl halides is 1. The molecule has 1 N–H and O–H groups in total. The van der Waals surface area contributed by atoms with Gasteiger partial charge >= 0.3 is 0 Å². The molecule has 1 aromatic heterocycles. The van der Waals surface area contributed by atoms with Crippen LogP contribution in [0.25, 0.3) is 20.8 Å². The summed E-state index contributed by atoms with van der Waals surface area (Å²) in [4.78, 5) is 16.1. The van der Waals surface area contributed by atoms with Crippen molar-refractivity contribution in [2.45, 2.75) is 6.92 Å². The molecule has 0 aliphatic heterocycles. The minimum Gasteiger partial charge on any atom is -0.325 e. The molecule has 5 heteroatoms. The lowest BCUT2D eigenvalue weighted by Crippen LogP contribution is -2.13. The number of halogens is 1. The number of hydrogen-bond acceptors (Lipinski definition) is 3. The Morgan fingerprint density at radius 2 is 2.10 bits per heavy atom. The number of benzene rings is 2. The van der Waals surface area contributed by atoms with Gasteiger partial charge in [0.15, 0.2) is 0 Å². The topological polar surface area (TPSA) is 42.0 Å². The van der Waals surface area contributed by atoms with Crippen molar-refractivity contribution in [2.24, 2.45) is 0 Å². The van der Waals surface area contributed by atoms with Gasteiger partial charge in [0.1, 0.15) is 10.9 Å². The fourth-order valence-electron chi connectivity index (χ4n) is 2.07. The molecule has 3 aromatic rings. The Labute approximate surface area is 131 Å². The number of fused-ring (bicyclic) bond motifs is 1. The van der Waals surface area contributed by atoms with Crippen molar-refractivity contribution in [3.63, 3.8) is 0 Å². The fraction of sp³-hybridized carbons (Fsp3) is 0.125. The number of amides is 1. The van der Waals surface area contributed by atoms with Crippen LogP contribution in [-0.2, 0) is 4.79 Å². The van der Waals surface area contributed by atoms with Gasteiger partial charge in [-0.1, -0.05) is 24.3 Å². The van der Waals surface area contributed by atoms with Crippen molar-refractivity contribution in [1.29, 1.82) is 0 Å². The van der Waals surface area contributed by atoms with Gasteiger partial charge in [-0.2, -0.15) is 0 Å². The van der Waals surface area contributed by atoms with Crippen molar-refractivity contribution < 1.29 is 4.79 Å². The van der Waals surface area contributed by atoms with E-state index in [9.17, 15) is 4.79 Å². The minimum absolute atomic E-state index is 0.0508. The van der Waals surface area contributed by atoms with Gasteiger partial charge in [0.05, 0.1) is 10.2 Å². The number of hydrogen-bond donors (Lipinski definition) is 1. The van der Waals surface area contributed by atoms with E-state index in [1.807, 2.05) is 43.3 Å². The van der Waals surface area contributed by atoms with Gasteiger partial charge in [-0.3, -0.25) is 4.79 Å². The molecule has 2 aromatic carbocycles. The van der Waals surface area contributed by atoms with Crippen molar-refractivity contribution >= 4 is 44.7 Å². The maximum absolute atomic E-state index is 11.5. The molecule has 21 heavy (non-hydrogen) atoms. The van der Waals surface area contributed by atoms with Gasteiger partial charge in [0.2, 0.25) is 5.91 Å². The van der Waals surface area contributed by atoms with Crippen LogP contribution in [0, 0.1) is 6.92 Å². The van der Waals surface area contributed by atoms with E-state index in [-0.39, 0.29) is 11.8 Å². The molecule has 3 nitrogen and oxygen atoms in total. The molecule has 0 bridgehead atoms. The second-order valence-electron chi connectivity index (χ2n) is 4.70. The normalized spacial score (nSPS) is 10.8. The molecular formula is C16H13ClN2OS. The first-order chi connectivity index (χ1) is 10.2. The number of carbonyl (C=O) groups is 1. The Hall–Kier alpha value is -1.91. The van der Waals surface area contributed by atoms with Crippen LogP contribution >= 0.6 is 22.9 Å². The van der Waals surface area contributed by atoms with Gasteiger partial charge in [-0.05, 0) is 30.7 Å². The summed E-state index contributed by atoms with van der Waals surface area (Å²) in [6.45, 7) is 1.95. The maximum atomic E-state index is 11.5. The molecule has 106 valence electrons. The van der Waals surface area contributed by atoms with E-state index in [0.29, 0.717) is 0 Å². The maximum Gasteiger partial charge on any atom is 0.239 e. The summed E-state index contributed by atoms with van der Waals surface area (Å²) >= 11 is 7.18. The highest BCUT2D eigenvalue weighted by molar-refractivity contribution is 7.21. The Morgan fingerprint density at radius 3 is 2.86 bits per heavy atom. The lowest BCUT2D eigenvalue weighted by atomic mass is 10.1. The van der Waals surface area contributed by atoms with Crippen molar-refractivity contribution in [1.82, 2.24) is 4.98 Å². The van der Waals surface area contributed by atoms with Crippen LogP contribution in [0.5, 0.6) is 0 Å². The SMILES string of the molecule is Cc1ccc(-c2nc3ccccc3s2)cc1NC(=O)CCl. The summed E-state index contributed by atoms with van der Waals surface area (Å²) in [5.74, 6) is -0.258. The molecule has 0 saturated carbocycles. The molecule has 0 saturated heterocycles. The first-order valence-electron chi connectivity index (χ1n) is 6.50. The largest absolute Gasteiger partial charge is 0.325 e. The number of carbonyl (C=O) groups excluding carboxylic acids is 1. The molecule has 0 aliphatic carbocycles. The lowest BCUT2D eigenvalue weighted by Gasteiger charge is -2.08. The highest BCUT2D eigenvalue weighted by Crippen LogP contribution is 2.32. The monoisotopic (exact) mass is 316 g/mol. The van der Waals surface area contributed by atoms with Crippen LogP contribution in [0.3, 0.4) is 0 Å². The molecule has 0 atom stereocenters. The number of aryl methyl sites for hydroxylation is 1. The Balaban J connectivity index is 2.02. The van der Waals surface area contributed by atoms with Gasteiger partial charge < -0.3 is 5.32 Å². The first kappa shape index (κ1) is 14.0. The average Bonchev–Trinajstić information content (AvgIpc) is 2.93. The third-order valence-electron chi connectivity index (χ3n) is 3.17. The Kier molecular flexibility index (Phi) is 3.90. The third kappa shape index (κ3) is 2.91. The Morgan fingerprint density at radius 1 is 1.29 bits per heavy atom. The summed E-state index contributed by atoms with van der Waals surface area (Å²) < 4.78 is 1.15. The highest BCUT2D eigenvalue weighted by Gasteiger charge is 2.09. The van der Waals surface area contributed by atoms with Crippen LogP contribution in [-0.4, -0.2) is 16.8 Å². The van der Waals surface area contributed by atoms with E-state index in [1.54, 1.807) is 11.3 Å². The number of para-hydroxylation sites is 1.